The van der Waals surface area contributed by atoms with Gasteiger partial charge in [-0.15, -0.1) is 0 Å². The molecule has 3 rings (SSSR count). The number of imide groups is 1. The summed E-state index contributed by atoms with van der Waals surface area (Å²) < 4.78 is 5.50. The first-order valence-electron chi connectivity index (χ1n) is 5.39. The Bertz CT molecular complexity index is 528. The number of benzene rings is 1. The number of halogens is 1. The van der Waals surface area contributed by atoms with Gasteiger partial charge >= 0.3 is 0 Å². The van der Waals surface area contributed by atoms with Crippen molar-refractivity contribution in [3.8, 4) is 5.75 Å². The molecule has 1 spiro atoms. The minimum absolute atomic E-state index is 0.183. The molecule has 1 atom stereocenters. The molecule has 1 aromatic carbocycles. The van der Waals surface area contributed by atoms with Crippen LogP contribution in [-0.2, 0) is 15.0 Å². The van der Waals surface area contributed by atoms with Crippen molar-refractivity contribution in [1.29, 1.82) is 0 Å². The second kappa shape index (κ2) is 3.47. The third kappa shape index (κ3) is 1.44. The van der Waals surface area contributed by atoms with Crippen LogP contribution in [0.4, 0.5) is 0 Å². The summed E-state index contributed by atoms with van der Waals surface area (Å²) in [5.74, 6) is 0.169. The molecule has 2 aliphatic heterocycles. The molecule has 1 aromatic rings. The van der Waals surface area contributed by atoms with Crippen LogP contribution in [0, 0.1) is 0 Å². The standard InChI is InChI=1S/C12H10ClNO3/c13-7-1-2-9-8(5-7)12(3-4-17-9)6-10(15)14-11(12)16/h1-2,5H,3-4,6H2,(H,14,15,16). The van der Waals surface area contributed by atoms with E-state index in [1.807, 2.05) is 0 Å². The molecule has 0 bridgehead atoms. The lowest BCUT2D eigenvalue weighted by atomic mass is 9.74. The molecule has 2 aliphatic rings. The normalized spacial score (nSPS) is 26.6. The Morgan fingerprint density at radius 2 is 2.18 bits per heavy atom. The largest absolute Gasteiger partial charge is 0.493 e. The summed E-state index contributed by atoms with van der Waals surface area (Å²) in [5, 5.41) is 2.90. The first-order valence-corrected chi connectivity index (χ1v) is 5.77. The Morgan fingerprint density at radius 1 is 1.35 bits per heavy atom. The van der Waals surface area contributed by atoms with Crippen LogP contribution in [0.25, 0.3) is 0 Å². The van der Waals surface area contributed by atoms with Gasteiger partial charge in [0.15, 0.2) is 0 Å². The third-order valence-corrected chi connectivity index (χ3v) is 3.63. The van der Waals surface area contributed by atoms with E-state index in [-0.39, 0.29) is 18.2 Å². The molecule has 0 radical (unpaired) electrons. The Labute approximate surface area is 103 Å². The van der Waals surface area contributed by atoms with Gasteiger partial charge in [-0.1, -0.05) is 11.6 Å². The lowest BCUT2D eigenvalue weighted by molar-refractivity contribution is -0.127. The molecular formula is C12H10ClNO3. The fraction of sp³-hybridized carbons (Fsp3) is 0.333. The van der Waals surface area contributed by atoms with Crippen molar-refractivity contribution in [2.75, 3.05) is 6.61 Å². The second-order valence-corrected chi connectivity index (χ2v) is 4.81. The molecule has 1 unspecified atom stereocenters. The van der Waals surface area contributed by atoms with E-state index < -0.39 is 5.41 Å². The average molecular weight is 252 g/mol. The van der Waals surface area contributed by atoms with Gasteiger partial charge in [0.25, 0.3) is 0 Å². The van der Waals surface area contributed by atoms with Crippen molar-refractivity contribution in [2.45, 2.75) is 18.3 Å². The predicted molar refractivity (Wildman–Crippen MR) is 61.0 cm³/mol. The summed E-state index contributed by atoms with van der Waals surface area (Å²) in [7, 11) is 0. The molecule has 0 saturated carbocycles. The molecule has 1 saturated heterocycles. The number of hydrogen-bond donors (Lipinski definition) is 1. The highest BCUT2D eigenvalue weighted by Gasteiger charge is 2.51. The van der Waals surface area contributed by atoms with E-state index in [0.29, 0.717) is 23.8 Å². The zero-order valence-electron chi connectivity index (χ0n) is 8.96. The number of rotatable bonds is 0. The van der Waals surface area contributed by atoms with Crippen molar-refractivity contribution < 1.29 is 14.3 Å². The van der Waals surface area contributed by atoms with Crippen LogP contribution in [0.5, 0.6) is 5.75 Å². The molecule has 1 N–H and O–H groups in total. The van der Waals surface area contributed by atoms with Gasteiger partial charge < -0.3 is 4.74 Å². The van der Waals surface area contributed by atoms with E-state index in [4.69, 9.17) is 16.3 Å². The van der Waals surface area contributed by atoms with Crippen LogP contribution < -0.4 is 10.1 Å². The van der Waals surface area contributed by atoms with Crippen molar-refractivity contribution in [3.63, 3.8) is 0 Å². The average Bonchev–Trinajstić information content (AvgIpc) is 2.56. The lowest BCUT2D eigenvalue weighted by Crippen LogP contribution is -2.39. The number of amides is 2. The summed E-state index contributed by atoms with van der Waals surface area (Å²) in [5.41, 5.74) is -0.0603. The highest BCUT2D eigenvalue weighted by atomic mass is 35.5. The molecule has 2 amide bonds. The molecule has 5 heteroatoms. The van der Waals surface area contributed by atoms with E-state index in [0.717, 1.165) is 5.56 Å². The maximum Gasteiger partial charge on any atom is 0.238 e. The van der Waals surface area contributed by atoms with Gasteiger partial charge in [-0.2, -0.15) is 0 Å². The molecule has 1 fully saturated rings. The quantitative estimate of drug-likeness (QED) is 0.710. The van der Waals surface area contributed by atoms with E-state index >= 15 is 0 Å². The molecular weight excluding hydrogens is 242 g/mol. The fourth-order valence-corrected chi connectivity index (χ4v) is 2.71. The molecule has 0 aliphatic carbocycles. The number of nitrogens with one attached hydrogen (secondary N) is 1. The molecule has 2 heterocycles. The van der Waals surface area contributed by atoms with Crippen molar-refractivity contribution in [1.82, 2.24) is 5.32 Å². The van der Waals surface area contributed by atoms with Crippen molar-refractivity contribution >= 4 is 23.4 Å². The third-order valence-electron chi connectivity index (χ3n) is 3.39. The molecule has 4 nitrogen and oxygen atoms in total. The molecule has 0 aromatic heterocycles. The number of ether oxygens (including phenoxy) is 1. The summed E-state index contributed by atoms with van der Waals surface area (Å²) >= 11 is 5.95. The van der Waals surface area contributed by atoms with Crippen molar-refractivity contribution in [2.24, 2.45) is 0 Å². The number of fused-ring (bicyclic) bond motifs is 2. The summed E-state index contributed by atoms with van der Waals surface area (Å²) in [6.07, 6.45) is 0.695. The Morgan fingerprint density at radius 3 is 2.88 bits per heavy atom. The minimum atomic E-state index is -0.782. The zero-order valence-corrected chi connectivity index (χ0v) is 9.71. The predicted octanol–water partition coefficient (Wildman–Crippen LogP) is 1.41. The maximum absolute atomic E-state index is 12.0. The highest BCUT2D eigenvalue weighted by Crippen LogP contribution is 2.44. The summed E-state index contributed by atoms with van der Waals surface area (Å²) in [4.78, 5) is 23.4. The first kappa shape index (κ1) is 10.6. The van der Waals surface area contributed by atoms with Crippen LogP contribution in [0.2, 0.25) is 5.02 Å². The van der Waals surface area contributed by atoms with Crippen molar-refractivity contribution in [3.05, 3.63) is 28.8 Å². The fourth-order valence-electron chi connectivity index (χ4n) is 2.54. The molecule has 17 heavy (non-hydrogen) atoms. The Balaban J connectivity index is 2.19. The first-order chi connectivity index (χ1) is 8.12. The van der Waals surface area contributed by atoms with Crippen LogP contribution >= 0.6 is 11.6 Å². The van der Waals surface area contributed by atoms with Gasteiger partial charge in [0.1, 0.15) is 5.75 Å². The highest BCUT2D eigenvalue weighted by molar-refractivity contribution is 6.30. The van der Waals surface area contributed by atoms with Gasteiger partial charge in [0.05, 0.1) is 12.0 Å². The smallest absolute Gasteiger partial charge is 0.238 e. The maximum atomic E-state index is 12.0. The minimum Gasteiger partial charge on any atom is -0.493 e. The van der Waals surface area contributed by atoms with E-state index in [9.17, 15) is 9.59 Å². The van der Waals surface area contributed by atoms with E-state index in [1.165, 1.54) is 0 Å². The van der Waals surface area contributed by atoms with Gasteiger partial charge in [-0.05, 0) is 18.2 Å². The Hall–Kier alpha value is -1.55. The number of carbonyl (C=O) groups excluding carboxylic acids is 2. The molecule has 88 valence electrons. The summed E-state index contributed by atoms with van der Waals surface area (Å²) in [6.45, 7) is 0.440. The van der Waals surface area contributed by atoms with Crippen LogP contribution in [0.3, 0.4) is 0 Å². The van der Waals surface area contributed by atoms with Crippen LogP contribution in [-0.4, -0.2) is 18.4 Å². The van der Waals surface area contributed by atoms with Crippen LogP contribution in [0.1, 0.15) is 18.4 Å². The monoisotopic (exact) mass is 251 g/mol. The lowest BCUT2D eigenvalue weighted by Gasteiger charge is -2.32. The van der Waals surface area contributed by atoms with E-state index in [1.54, 1.807) is 18.2 Å². The van der Waals surface area contributed by atoms with Gasteiger partial charge in [-0.3, -0.25) is 14.9 Å². The summed E-state index contributed by atoms with van der Waals surface area (Å²) in [6, 6.07) is 5.18. The Kier molecular flexibility index (Phi) is 2.16. The van der Waals surface area contributed by atoms with Gasteiger partial charge in [0.2, 0.25) is 11.8 Å². The van der Waals surface area contributed by atoms with Gasteiger partial charge in [0, 0.05) is 23.4 Å². The van der Waals surface area contributed by atoms with E-state index in [2.05, 4.69) is 5.32 Å². The number of carbonyl (C=O) groups is 2. The van der Waals surface area contributed by atoms with Crippen LogP contribution in [0.15, 0.2) is 18.2 Å². The van der Waals surface area contributed by atoms with Gasteiger partial charge in [-0.25, -0.2) is 0 Å². The second-order valence-electron chi connectivity index (χ2n) is 4.38. The number of hydrogen-bond acceptors (Lipinski definition) is 3. The zero-order chi connectivity index (χ0) is 12.0. The topological polar surface area (TPSA) is 55.4 Å². The SMILES string of the molecule is O=C1CC2(CCOc3ccc(Cl)cc32)C(=O)N1.